The molecule has 0 aromatic rings. The molecule has 0 aromatic carbocycles. The van der Waals surface area contributed by atoms with Crippen LogP contribution in [0.3, 0.4) is 0 Å². The molecule has 0 saturated heterocycles. The van der Waals surface area contributed by atoms with Crippen LogP contribution < -0.4 is 0 Å². The molecule has 66 heavy (non-hydrogen) atoms. The summed E-state index contributed by atoms with van der Waals surface area (Å²) >= 11 is 0. The highest BCUT2D eigenvalue weighted by molar-refractivity contribution is 5.70. The maximum Gasteiger partial charge on any atom is 0.306 e. The van der Waals surface area contributed by atoms with Crippen LogP contribution in [-0.4, -0.2) is 37.9 Å². The third kappa shape index (κ3) is 52.7. The van der Waals surface area contributed by atoms with Gasteiger partial charge < -0.3 is 14.2 Å². The van der Waals surface area contributed by atoms with Crippen LogP contribution in [-0.2, 0) is 23.8 Å². The van der Waals surface area contributed by atoms with Crippen LogP contribution in [0.2, 0.25) is 0 Å². The molecule has 0 bridgehead atoms. The Bertz CT molecular complexity index is 1400. The first kappa shape index (κ1) is 62.0. The van der Waals surface area contributed by atoms with E-state index in [4.69, 9.17) is 14.2 Å². The van der Waals surface area contributed by atoms with Gasteiger partial charge in [-0.2, -0.15) is 0 Å². The monoisotopic (exact) mass is 911 g/mol. The molecule has 0 spiro atoms. The van der Waals surface area contributed by atoms with Crippen molar-refractivity contribution in [3.8, 4) is 0 Å². The molecule has 0 aliphatic rings. The Balaban J connectivity index is 4.45. The first-order chi connectivity index (χ1) is 32.6. The molecular formula is C61H98O5. The van der Waals surface area contributed by atoms with Crippen molar-refractivity contribution in [1.82, 2.24) is 0 Å². The lowest BCUT2D eigenvalue weighted by atomic mass is 10.1. The van der Waals surface area contributed by atoms with E-state index in [-0.39, 0.29) is 25.2 Å². The van der Waals surface area contributed by atoms with E-state index >= 15 is 0 Å². The Morgan fingerprint density at radius 2 is 0.682 bits per heavy atom. The van der Waals surface area contributed by atoms with Gasteiger partial charge in [-0.05, 0) is 122 Å². The third-order valence-corrected chi connectivity index (χ3v) is 10.7. The van der Waals surface area contributed by atoms with Crippen molar-refractivity contribution in [2.75, 3.05) is 19.8 Å². The number of ether oxygens (including phenoxy) is 3. The van der Waals surface area contributed by atoms with Gasteiger partial charge in [0, 0.05) is 12.8 Å². The third-order valence-electron chi connectivity index (χ3n) is 10.7. The van der Waals surface area contributed by atoms with Gasteiger partial charge >= 0.3 is 11.9 Å². The van der Waals surface area contributed by atoms with Crippen molar-refractivity contribution in [2.24, 2.45) is 0 Å². The van der Waals surface area contributed by atoms with Gasteiger partial charge in [-0.15, -0.1) is 0 Å². The number of hydrogen-bond acceptors (Lipinski definition) is 5. The summed E-state index contributed by atoms with van der Waals surface area (Å²) in [6.45, 7) is 7.32. The summed E-state index contributed by atoms with van der Waals surface area (Å²) in [5.74, 6) is -0.481. The summed E-state index contributed by atoms with van der Waals surface area (Å²) in [6.07, 6.45) is 79.1. The molecule has 372 valence electrons. The van der Waals surface area contributed by atoms with Gasteiger partial charge in [0.1, 0.15) is 6.61 Å². The second-order valence-electron chi connectivity index (χ2n) is 17.0. The average Bonchev–Trinajstić information content (AvgIpc) is 3.32. The number of rotatable bonds is 47. The second kappa shape index (κ2) is 55.4. The van der Waals surface area contributed by atoms with E-state index in [2.05, 4.69) is 154 Å². The number of allylic oxidation sites excluding steroid dienone is 21. The number of hydrogen-bond donors (Lipinski definition) is 0. The van der Waals surface area contributed by atoms with Gasteiger partial charge in [0.2, 0.25) is 0 Å². The van der Waals surface area contributed by atoms with Crippen LogP contribution in [0.5, 0.6) is 0 Å². The Morgan fingerprint density at radius 1 is 0.348 bits per heavy atom. The van der Waals surface area contributed by atoms with Gasteiger partial charge in [-0.3, -0.25) is 9.59 Å². The van der Waals surface area contributed by atoms with Crippen LogP contribution in [0.15, 0.2) is 134 Å². The Labute approximate surface area is 407 Å². The Morgan fingerprint density at radius 3 is 1.09 bits per heavy atom. The van der Waals surface area contributed by atoms with Crippen LogP contribution in [0.25, 0.3) is 0 Å². The summed E-state index contributed by atoms with van der Waals surface area (Å²) in [6, 6.07) is 0. The predicted octanol–water partition coefficient (Wildman–Crippen LogP) is 18.3. The van der Waals surface area contributed by atoms with Gasteiger partial charge in [-0.1, -0.05) is 212 Å². The Kier molecular flexibility index (Phi) is 52.0. The zero-order valence-corrected chi connectivity index (χ0v) is 42.7. The van der Waals surface area contributed by atoms with E-state index in [9.17, 15) is 9.59 Å². The zero-order valence-electron chi connectivity index (χ0n) is 42.7. The van der Waals surface area contributed by atoms with E-state index < -0.39 is 6.10 Å². The van der Waals surface area contributed by atoms with E-state index in [0.717, 1.165) is 128 Å². The van der Waals surface area contributed by atoms with E-state index in [1.54, 1.807) is 0 Å². The summed E-state index contributed by atoms with van der Waals surface area (Å²) in [7, 11) is 0. The van der Waals surface area contributed by atoms with Crippen LogP contribution in [0.4, 0.5) is 0 Å². The second-order valence-corrected chi connectivity index (χ2v) is 17.0. The fraction of sp³-hybridized carbons (Fsp3) is 0.607. The molecule has 0 amide bonds. The topological polar surface area (TPSA) is 61.8 Å². The molecule has 5 nitrogen and oxygen atoms in total. The smallest absolute Gasteiger partial charge is 0.306 e. The highest BCUT2D eigenvalue weighted by Gasteiger charge is 2.17. The molecule has 0 N–H and O–H groups in total. The van der Waals surface area contributed by atoms with Gasteiger partial charge in [-0.25, -0.2) is 0 Å². The minimum atomic E-state index is -0.600. The first-order valence-corrected chi connectivity index (χ1v) is 26.7. The van der Waals surface area contributed by atoms with Gasteiger partial charge in [0.25, 0.3) is 0 Å². The molecular weight excluding hydrogens is 813 g/mol. The SMILES string of the molecule is CC/C=C\C/C=C\C/C=C\C/C=C\C/C=C\CCOCC(COC(=O)CCCCCCCC/C=C\C/C=C\C/C=C\CCCCC)OC(=O)CCCCCCC/C=C\C/C=C\C/C=C\CC. The molecule has 1 unspecified atom stereocenters. The summed E-state index contributed by atoms with van der Waals surface area (Å²) in [5.41, 5.74) is 0. The highest BCUT2D eigenvalue weighted by Crippen LogP contribution is 2.12. The molecule has 0 aliphatic heterocycles. The minimum absolute atomic E-state index is 0.0327. The number of unbranched alkanes of at least 4 members (excludes halogenated alkanes) is 14. The van der Waals surface area contributed by atoms with Crippen LogP contribution in [0, 0.1) is 0 Å². The lowest BCUT2D eigenvalue weighted by Gasteiger charge is -2.18. The summed E-state index contributed by atoms with van der Waals surface area (Å²) in [4.78, 5) is 25.4. The molecule has 1 atom stereocenters. The van der Waals surface area contributed by atoms with Gasteiger partial charge in [0.05, 0.1) is 13.2 Å². The van der Waals surface area contributed by atoms with E-state index in [1.807, 2.05) is 0 Å². The molecule has 0 fully saturated rings. The normalized spacial score (nSPS) is 13.3. The molecule has 5 heteroatoms. The lowest BCUT2D eigenvalue weighted by Crippen LogP contribution is -2.30. The maximum atomic E-state index is 12.8. The summed E-state index contributed by atoms with van der Waals surface area (Å²) in [5, 5.41) is 0. The van der Waals surface area contributed by atoms with Crippen molar-refractivity contribution in [3.63, 3.8) is 0 Å². The molecule has 0 aliphatic carbocycles. The standard InChI is InChI=1S/C61H98O5/c1-4-7-10-13-16-19-22-25-28-30-31-32-34-36-39-42-45-48-51-54-60(62)65-58-59(57-64-56-53-50-47-44-41-38-35-29-26-23-20-17-14-11-8-5-2)66-61(63)55-52-49-46-43-40-37-33-27-24-21-18-15-12-9-6-3/h8-9,11-12,16-21,25-29,31-33,38,41,47,50,59H,4-7,10,13-15,22-24,30,34-37,39-40,42-46,48-49,51-58H2,1-3H3/b11-8-,12-9-,19-16-,20-17-,21-18-,28-25-,29-26-,32-31-,33-27-,41-38-,50-47-. The van der Waals surface area contributed by atoms with Crippen LogP contribution >= 0.6 is 0 Å². The van der Waals surface area contributed by atoms with E-state index in [1.165, 1.54) is 51.4 Å². The highest BCUT2D eigenvalue weighted by atomic mass is 16.6. The van der Waals surface area contributed by atoms with Crippen molar-refractivity contribution in [2.45, 2.75) is 219 Å². The van der Waals surface area contributed by atoms with Gasteiger partial charge in [0.15, 0.2) is 6.10 Å². The van der Waals surface area contributed by atoms with Crippen LogP contribution in [0.1, 0.15) is 213 Å². The number of carbonyl (C=O) groups excluding carboxylic acids is 2. The largest absolute Gasteiger partial charge is 0.462 e. The molecule has 0 aromatic heterocycles. The van der Waals surface area contributed by atoms with Crippen molar-refractivity contribution in [1.29, 1.82) is 0 Å². The van der Waals surface area contributed by atoms with Crippen molar-refractivity contribution in [3.05, 3.63) is 134 Å². The maximum absolute atomic E-state index is 12.8. The zero-order chi connectivity index (χ0) is 47.7. The number of carbonyl (C=O) groups is 2. The Hall–Kier alpha value is -3.96. The summed E-state index contributed by atoms with van der Waals surface area (Å²) < 4.78 is 17.3. The fourth-order valence-electron chi connectivity index (χ4n) is 6.77. The fourth-order valence-corrected chi connectivity index (χ4v) is 6.77. The molecule has 0 heterocycles. The lowest BCUT2D eigenvalue weighted by molar-refractivity contribution is -0.162. The van der Waals surface area contributed by atoms with Crippen molar-refractivity contribution < 1.29 is 23.8 Å². The average molecular weight is 911 g/mol. The molecule has 0 radical (unpaired) electrons. The predicted molar refractivity (Wildman–Crippen MR) is 288 cm³/mol. The van der Waals surface area contributed by atoms with E-state index in [0.29, 0.717) is 19.4 Å². The molecule has 0 rings (SSSR count). The number of esters is 2. The minimum Gasteiger partial charge on any atom is -0.462 e. The quantitative estimate of drug-likeness (QED) is 0.0346. The molecule has 0 saturated carbocycles. The first-order valence-electron chi connectivity index (χ1n) is 26.7. The van der Waals surface area contributed by atoms with Crippen molar-refractivity contribution >= 4 is 11.9 Å².